The summed E-state index contributed by atoms with van der Waals surface area (Å²) in [4.78, 5) is 10.2. The van der Waals surface area contributed by atoms with Gasteiger partial charge in [-0.15, -0.1) is 0 Å². The van der Waals surface area contributed by atoms with E-state index >= 15 is 0 Å². The third-order valence-electron chi connectivity index (χ3n) is 4.46. The average molecular weight is 354 g/mol. The molecule has 5 nitrogen and oxygen atoms in total. The first-order valence-corrected chi connectivity index (χ1v) is 8.28. The molecule has 1 aliphatic rings. The van der Waals surface area contributed by atoms with Crippen molar-refractivity contribution >= 4 is 5.82 Å². The highest BCUT2D eigenvalue weighted by Gasteiger charge is 2.37. The monoisotopic (exact) mass is 354 g/mol. The van der Waals surface area contributed by atoms with Gasteiger partial charge in [0.1, 0.15) is 11.6 Å². The van der Waals surface area contributed by atoms with Crippen LogP contribution in [-0.2, 0) is 17.5 Å². The molecule has 0 bridgehead atoms. The zero-order valence-electron chi connectivity index (χ0n) is 14.0. The molecule has 0 radical (unpaired) electrons. The van der Waals surface area contributed by atoms with Gasteiger partial charge in [0.2, 0.25) is 0 Å². The van der Waals surface area contributed by atoms with Crippen LogP contribution in [0.15, 0.2) is 30.7 Å². The van der Waals surface area contributed by atoms with E-state index in [-0.39, 0.29) is 11.7 Å². The molecule has 1 atom stereocenters. The van der Waals surface area contributed by atoms with Crippen molar-refractivity contribution < 1.29 is 17.9 Å². The summed E-state index contributed by atoms with van der Waals surface area (Å²) in [5.74, 6) is 0.977. The van der Waals surface area contributed by atoms with Crippen molar-refractivity contribution in [2.45, 2.75) is 31.5 Å². The first-order valence-electron chi connectivity index (χ1n) is 8.28. The highest BCUT2D eigenvalue weighted by atomic mass is 19.4. The number of hydrogen-bond donors (Lipinski definition) is 0. The Hall–Kier alpha value is -2.09. The number of anilines is 1. The number of aromatic nitrogens is 3. The van der Waals surface area contributed by atoms with Gasteiger partial charge in [-0.25, -0.2) is 9.97 Å². The molecule has 0 spiro atoms. The Balaban J connectivity index is 1.82. The predicted molar refractivity (Wildman–Crippen MR) is 87.5 cm³/mol. The summed E-state index contributed by atoms with van der Waals surface area (Å²) in [7, 11) is 1.64. The Morgan fingerprint density at radius 3 is 2.88 bits per heavy atom. The van der Waals surface area contributed by atoms with Gasteiger partial charge in [0, 0.05) is 51.3 Å². The zero-order chi connectivity index (χ0) is 17.9. The molecule has 3 rings (SSSR count). The van der Waals surface area contributed by atoms with Crippen LogP contribution in [0.3, 0.4) is 0 Å². The number of halogens is 3. The van der Waals surface area contributed by atoms with E-state index in [1.807, 2.05) is 10.8 Å². The molecule has 2 aromatic rings. The maximum atomic E-state index is 13.3. The molecule has 1 aliphatic heterocycles. The second kappa shape index (κ2) is 7.43. The molecule has 136 valence electrons. The van der Waals surface area contributed by atoms with Crippen molar-refractivity contribution in [2.75, 3.05) is 31.7 Å². The topological polar surface area (TPSA) is 43.2 Å². The van der Waals surface area contributed by atoms with E-state index in [0.29, 0.717) is 26.2 Å². The van der Waals surface area contributed by atoms with Gasteiger partial charge in [-0.3, -0.25) is 0 Å². The number of nitrogens with zero attached hydrogens (tertiary/aromatic N) is 4. The molecule has 0 aromatic carbocycles. The number of hydrogen-bond acceptors (Lipinski definition) is 4. The summed E-state index contributed by atoms with van der Waals surface area (Å²) in [5, 5.41) is 0. The standard InChI is InChI=1S/C17H21F3N4O/c1-25-11-10-23-9-7-22-15(23)13-4-3-8-24(12-13)16-14(17(18,19)20)5-2-6-21-16/h2,5-7,9,13H,3-4,8,10-12H2,1H3/t13-/m0/s1. The van der Waals surface area contributed by atoms with E-state index < -0.39 is 11.7 Å². The third kappa shape index (κ3) is 3.95. The van der Waals surface area contributed by atoms with Gasteiger partial charge in [0.25, 0.3) is 0 Å². The average Bonchev–Trinajstić information content (AvgIpc) is 3.08. The van der Waals surface area contributed by atoms with Crippen LogP contribution in [0, 0.1) is 0 Å². The molecule has 0 saturated carbocycles. The van der Waals surface area contributed by atoms with Crippen molar-refractivity contribution in [2.24, 2.45) is 0 Å². The van der Waals surface area contributed by atoms with Crippen molar-refractivity contribution in [1.29, 1.82) is 0 Å². The molecular weight excluding hydrogens is 333 g/mol. The number of imidazole rings is 1. The van der Waals surface area contributed by atoms with E-state index in [4.69, 9.17) is 4.74 Å². The van der Waals surface area contributed by atoms with Crippen molar-refractivity contribution in [3.63, 3.8) is 0 Å². The lowest BCUT2D eigenvalue weighted by atomic mass is 9.96. The van der Waals surface area contributed by atoms with E-state index in [1.54, 1.807) is 18.2 Å². The number of pyridine rings is 1. The summed E-state index contributed by atoms with van der Waals surface area (Å²) >= 11 is 0. The minimum absolute atomic E-state index is 0.00898. The molecular formula is C17H21F3N4O. The van der Waals surface area contributed by atoms with Crippen molar-refractivity contribution in [3.05, 3.63) is 42.1 Å². The SMILES string of the molecule is COCCn1ccnc1[C@H]1CCCN(c2ncccc2C(F)(F)F)C1. The molecule has 0 N–H and O–H groups in total. The summed E-state index contributed by atoms with van der Waals surface area (Å²) in [6, 6.07) is 2.41. The quantitative estimate of drug-likeness (QED) is 0.826. The molecule has 2 aromatic heterocycles. The minimum Gasteiger partial charge on any atom is -0.383 e. The Morgan fingerprint density at radius 2 is 2.12 bits per heavy atom. The van der Waals surface area contributed by atoms with Gasteiger partial charge in [0.05, 0.1) is 12.2 Å². The summed E-state index contributed by atoms with van der Waals surface area (Å²) in [6.45, 7) is 2.29. The van der Waals surface area contributed by atoms with Gasteiger partial charge in [-0.05, 0) is 25.0 Å². The fraction of sp³-hybridized carbons (Fsp3) is 0.529. The number of methoxy groups -OCH3 is 1. The Kier molecular flexibility index (Phi) is 5.27. The lowest BCUT2D eigenvalue weighted by Gasteiger charge is -2.34. The van der Waals surface area contributed by atoms with Crippen LogP contribution in [-0.4, -0.2) is 41.3 Å². The second-order valence-electron chi connectivity index (χ2n) is 6.13. The molecule has 3 heterocycles. The van der Waals surface area contributed by atoms with Crippen LogP contribution in [0.5, 0.6) is 0 Å². The fourth-order valence-electron chi connectivity index (χ4n) is 3.31. The molecule has 1 fully saturated rings. The highest BCUT2D eigenvalue weighted by molar-refractivity contribution is 5.49. The Morgan fingerprint density at radius 1 is 1.28 bits per heavy atom. The predicted octanol–water partition coefficient (Wildman–Crippen LogP) is 3.33. The largest absolute Gasteiger partial charge is 0.419 e. The van der Waals surface area contributed by atoms with Gasteiger partial charge in [-0.1, -0.05) is 0 Å². The van der Waals surface area contributed by atoms with E-state index in [0.717, 1.165) is 24.7 Å². The number of piperidine rings is 1. The molecule has 1 saturated heterocycles. The first kappa shape index (κ1) is 17.7. The maximum absolute atomic E-state index is 13.3. The van der Waals surface area contributed by atoms with Crippen LogP contribution in [0.2, 0.25) is 0 Å². The molecule has 0 unspecified atom stereocenters. The molecule has 8 heteroatoms. The lowest BCUT2D eigenvalue weighted by molar-refractivity contribution is -0.137. The smallest absolute Gasteiger partial charge is 0.383 e. The van der Waals surface area contributed by atoms with Gasteiger partial charge in [0.15, 0.2) is 0 Å². The van der Waals surface area contributed by atoms with Crippen LogP contribution >= 0.6 is 0 Å². The minimum atomic E-state index is -4.41. The third-order valence-corrected chi connectivity index (χ3v) is 4.46. The first-order chi connectivity index (χ1) is 12.0. The van der Waals surface area contributed by atoms with Gasteiger partial charge in [-0.2, -0.15) is 13.2 Å². The van der Waals surface area contributed by atoms with Crippen molar-refractivity contribution in [3.8, 4) is 0 Å². The number of rotatable bonds is 5. The molecule has 0 amide bonds. The van der Waals surface area contributed by atoms with Crippen molar-refractivity contribution in [1.82, 2.24) is 14.5 Å². The van der Waals surface area contributed by atoms with Crippen LogP contribution < -0.4 is 4.90 Å². The van der Waals surface area contributed by atoms with Crippen LogP contribution in [0.4, 0.5) is 19.0 Å². The highest BCUT2D eigenvalue weighted by Crippen LogP contribution is 2.37. The normalized spacial score (nSPS) is 18.6. The van der Waals surface area contributed by atoms with Gasteiger partial charge < -0.3 is 14.2 Å². The maximum Gasteiger partial charge on any atom is 0.419 e. The van der Waals surface area contributed by atoms with Gasteiger partial charge >= 0.3 is 6.18 Å². The Labute approximate surface area is 144 Å². The second-order valence-corrected chi connectivity index (χ2v) is 6.13. The fourth-order valence-corrected chi connectivity index (χ4v) is 3.31. The summed E-state index contributed by atoms with van der Waals surface area (Å²) in [6.07, 6.45) is 2.31. The molecule has 25 heavy (non-hydrogen) atoms. The Bertz CT molecular complexity index is 701. The van der Waals surface area contributed by atoms with E-state index in [1.165, 1.54) is 12.3 Å². The summed E-state index contributed by atoms with van der Waals surface area (Å²) < 4.78 is 47.0. The van der Waals surface area contributed by atoms with Crippen LogP contribution in [0.25, 0.3) is 0 Å². The lowest BCUT2D eigenvalue weighted by Crippen LogP contribution is -2.37. The van der Waals surface area contributed by atoms with Crippen LogP contribution in [0.1, 0.15) is 30.1 Å². The zero-order valence-corrected chi connectivity index (χ0v) is 14.0. The number of ether oxygens (including phenoxy) is 1. The molecule has 0 aliphatic carbocycles. The van der Waals surface area contributed by atoms with E-state index in [9.17, 15) is 13.2 Å². The van der Waals surface area contributed by atoms with E-state index in [2.05, 4.69) is 9.97 Å². The summed E-state index contributed by atoms with van der Waals surface area (Å²) in [5.41, 5.74) is -0.682. The number of alkyl halides is 3.